The summed E-state index contributed by atoms with van der Waals surface area (Å²) in [7, 11) is 0. The summed E-state index contributed by atoms with van der Waals surface area (Å²) in [5, 5.41) is 11.8. The highest BCUT2D eigenvalue weighted by Crippen LogP contribution is 2.23. The maximum Gasteiger partial charge on any atom is 0.305 e. The number of rotatable bonds is 6. The summed E-state index contributed by atoms with van der Waals surface area (Å²) in [6, 6.07) is 6.12. The molecule has 2 unspecified atom stereocenters. The zero-order chi connectivity index (χ0) is 16.2. The highest BCUT2D eigenvalue weighted by molar-refractivity contribution is 5.80. The van der Waals surface area contributed by atoms with Gasteiger partial charge in [0.25, 0.3) is 0 Å². The molecule has 1 aromatic rings. The van der Waals surface area contributed by atoms with Crippen LogP contribution >= 0.6 is 0 Å². The number of aliphatic carboxylic acids is 1. The zero-order valence-corrected chi connectivity index (χ0v) is 12.5. The first-order chi connectivity index (χ1) is 10.4. The average molecular weight is 309 g/mol. The van der Waals surface area contributed by atoms with Gasteiger partial charge in [-0.2, -0.15) is 0 Å². The Morgan fingerprint density at radius 3 is 2.86 bits per heavy atom. The number of carboxylic acid groups (broad SMARTS) is 1. The van der Waals surface area contributed by atoms with Crippen molar-refractivity contribution in [2.24, 2.45) is 5.92 Å². The second-order valence-electron chi connectivity index (χ2n) is 5.88. The molecule has 0 spiro atoms. The van der Waals surface area contributed by atoms with E-state index in [1.165, 1.54) is 12.1 Å². The van der Waals surface area contributed by atoms with Crippen LogP contribution < -0.4 is 5.32 Å². The molecule has 0 radical (unpaired) electrons. The summed E-state index contributed by atoms with van der Waals surface area (Å²) in [6.07, 6.45) is 0.719. The zero-order valence-electron chi connectivity index (χ0n) is 12.5. The smallest absolute Gasteiger partial charge is 0.305 e. The Balaban J connectivity index is 1.99. The summed E-state index contributed by atoms with van der Waals surface area (Å²) in [4.78, 5) is 23.3. The Morgan fingerprint density at radius 1 is 1.50 bits per heavy atom. The van der Waals surface area contributed by atoms with Gasteiger partial charge in [0.05, 0.1) is 18.6 Å². The Labute approximate surface area is 128 Å². The molecule has 0 bridgehead atoms. The molecule has 1 fully saturated rings. The van der Waals surface area contributed by atoms with Gasteiger partial charge >= 0.3 is 5.97 Å². The summed E-state index contributed by atoms with van der Waals surface area (Å²) < 4.78 is 18.4. The van der Waals surface area contributed by atoms with Crippen LogP contribution in [0.15, 0.2) is 24.3 Å². The number of nitrogens with one attached hydrogen (secondary N) is 1. The van der Waals surface area contributed by atoms with Crippen molar-refractivity contribution in [3.63, 3.8) is 0 Å². The van der Waals surface area contributed by atoms with Gasteiger partial charge in [0.1, 0.15) is 5.82 Å². The molecule has 0 aliphatic carbocycles. The Bertz CT molecular complexity index is 555. The third-order valence-corrected chi connectivity index (χ3v) is 3.86. The quantitative estimate of drug-likeness (QED) is 0.839. The van der Waals surface area contributed by atoms with Crippen LogP contribution in [0.4, 0.5) is 4.39 Å². The Kier molecular flexibility index (Phi) is 5.13. The van der Waals surface area contributed by atoms with E-state index in [1.54, 1.807) is 19.1 Å². The number of amides is 1. The molecule has 2 atom stereocenters. The molecule has 1 saturated heterocycles. The van der Waals surface area contributed by atoms with E-state index in [4.69, 9.17) is 9.84 Å². The predicted octanol–water partition coefficient (Wildman–Crippen LogP) is 1.75. The highest BCUT2D eigenvalue weighted by atomic mass is 19.1. The molecule has 22 heavy (non-hydrogen) atoms. The maximum absolute atomic E-state index is 13.2. The molecule has 0 aromatic heterocycles. The lowest BCUT2D eigenvalue weighted by atomic mass is 9.92. The van der Waals surface area contributed by atoms with Crippen molar-refractivity contribution in [1.29, 1.82) is 0 Å². The predicted molar refractivity (Wildman–Crippen MR) is 77.8 cm³/mol. The van der Waals surface area contributed by atoms with Crippen molar-refractivity contribution in [2.45, 2.75) is 31.7 Å². The van der Waals surface area contributed by atoms with E-state index in [9.17, 15) is 14.0 Å². The molecule has 1 aliphatic heterocycles. The fourth-order valence-corrected chi connectivity index (χ4v) is 2.67. The molecular formula is C16H20FNO4. The van der Waals surface area contributed by atoms with Crippen LogP contribution in [0.5, 0.6) is 0 Å². The second kappa shape index (κ2) is 6.87. The third-order valence-electron chi connectivity index (χ3n) is 3.86. The molecule has 120 valence electrons. The van der Waals surface area contributed by atoms with Crippen LogP contribution in [-0.4, -0.2) is 35.7 Å². The molecule has 2 rings (SSSR count). The molecule has 1 amide bonds. The minimum atomic E-state index is -0.969. The summed E-state index contributed by atoms with van der Waals surface area (Å²) in [5.74, 6) is -1.93. The van der Waals surface area contributed by atoms with Gasteiger partial charge in [-0.3, -0.25) is 9.59 Å². The van der Waals surface area contributed by atoms with Crippen molar-refractivity contribution in [3.8, 4) is 0 Å². The van der Waals surface area contributed by atoms with Gasteiger partial charge in [-0.25, -0.2) is 4.39 Å². The lowest BCUT2D eigenvalue weighted by Gasteiger charge is -2.28. The largest absolute Gasteiger partial charge is 0.481 e. The fraction of sp³-hybridized carbons (Fsp3) is 0.500. The van der Waals surface area contributed by atoms with Gasteiger partial charge in [0.15, 0.2) is 0 Å². The first-order valence-corrected chi connectivity index (χ1v) is 7.26. The third kappa shape index (κ3) is 4.27. The number of hydrogen-bond acceptors (Lipinski definition) is 3. The first-order valence-electron chi connectivity index (χ1n) is 7.26. The maximum atomic E-state index is 13.2. The number of halogens is 1. The molecule has 1 aliphatic rings. The minimum absolute atomic E-state index is 0.161. The summed E-state index contributed by atoms with van der Waals surface area (Å²) >= 11 is 0. The molecular weight excluding hydrogens is 289 g/mol. The number of carboxylic acids is 1. The van der Waals surface area contributed by atoms with E-state index in [2.05, 4.69) is 5.32 Å². The van der Waals surface area contributed by atoms with E-state index in [-0.39, 0.29) is 30.7 Å². The molecule has 0 saturated carbocycles. The SMILES string of the molecule is CC(Cc1cccc(F)c1)C(=O)NC1(CC(=O)O)CCOC1. The Morgan fingerprint density at radius 2 is 2.27 bits per heavy atom. The highest BCUT2D eigenvalue weighted by Gasteiger charge is 2.39. The van der Waals surface area contributed by atoms with Gasteiger partial charge in [0.2, 0.25) is 5.91 Å². The average Bonchev–Trinajstić information content (AvgIpc) is 2.85. The normalized spacial score (nSPS) is 22.3. The minimum Gasteiger partial charge on any atom is -0.481 e. The van der Waals surface area contributed by atoms with E-state index >= 15 is 0 Å². The molecule has 1 aromatic carbocycles. The van der Waals surface area contributed by atoms with Crippen LogP contribution in [0.25, 0.3) is 0 Å². The summed E-state index contributed by atoms with van der Waals surface area (Å²) in [5.41, 5.74) is -0.100. The Hall–Kier alpha value is -1.95. The molecule has 6 heteroatoms. The number of hydrogen-bond donors (Lipinski definition) is 2. The number of benzene rings is 1. The van der Waals surface area contributed by atoms with E-state index in [1.807, 2.05) is 0 Å². The van der Waals surface area contributed by atoms with E-state index in [0.717, 1.165) is 5.56 Å². The summed E-state index contributed by atoms with van der Waals surface area (Å²) in [6.45, 7) is 2.38. The first kappa shape index (κ1) is 16.4. The van der Waals surface area contributed by atoms with Crippen LogP contribution in [0.1, 0.15) is 25.3 Å². The van der Waals surface area contributed by atoms with Gasteiger partial charge < -0.3 is 15.2 Å². The van der Waals surface area contributed by atoms with Crippen LogP contribution in [0, 0.1) is 11.7 Å². The van der Waals surface area contributed by atoms with Gasteiger partial charge in [0, 0.05) is 12.5 Å². The lowest BCUT2D eigenvalue weighted by molar-refractivity contribution is -0.139. The topological polar surface area (TPSA) is 75.6 Å². The van der Waals surface area contributed by atoms with E-state index in [0.29, 0.717) is 19.4 Å². The number of ether oxygens (including phenoxy) is 1. The van der Waals surface area contributed by atoms with Crippen molar-refractivity contribution < 1.29 is 23.8 Å². The molecule has 2 N–H and O–H groups in total. The second-order valence-corrected chi connectivity index (χ2v) is 5.88. The van der Waals surface area contributed by atoms with Gasteiger partial charge in [-0.1, -0.05) is 19.1 Å². The van der Waals surface area contributed by atoms with Crippen LogP contribution in [-0.2, 0) is 20.7 Å². The monoisotopic (exact) mass is 309 g/mol. The van der Waals surface area contributed by atoms with Crippen LogP contribution in [0.3, 0.4) is 0 Å². The standard InChI is InChI=1S/C16H20FNO4/c1-11(7-12-3-2-4-13(17)8-12)15(21)18-16(9-14(19)20)5-6-22-10-16/h2-4,8,11H,5-7,9-10H2,1H3,(H,18,21)(H,19,20). The van der Waals surface area contributed by atoms with Crippen molar-refractivity contribution in [2.75, 3.05) is 13.2 Å². The van der Waals surface area contributed by atoms with Crippen molar-refractivity contribution >= 4 is 11.9 Å². The van der Waals surface area contributed by atoms with Crippen molar-refractivity contribution in [3.05, 3.63) is 35.6 Å². The fourth-order valence-electron chi connectivity index (χ4n) is 2.67. The molecule has 5 nitrogen and oxygen atoms in total. The van der Waals surface area contributed by atoms with Gasteiger partial charge in [-0.05, 0) is 30.5 Å². The molecule has 1 heterocycles. The lowest BCUT2D eigenvalue weighted by Crippen LogP contribution is -2.52. The number of carbonyl (C=O) groups excluding carboxylic acids is 1. The number of carbonyl (C=O) groups is 2. The van der Waals surface area contributed by atoms with Crippen LogP contribution in [0.2, 0.25) is 0 Å². The van der Waals surface area contributed by atoms with Gasteiger partial charge in [-0.15, -0.1) is 0 Å². The van der Waals surface area contributed by atoms with Crippen molar-refractivity contribution in [1.82, 2.24) is 5.32 Å². The van der Waals surface area contributed by atoms with E-state index < -0.39 is 11.5 Å².